The molecule has 3 N–H and O–H groups in total. The van der Waals surface area contributed by atoms with E-state index in [-0.39, 0.29) is 11.6 Å². The fourth-order valence-electron chi connectivity index (χ4n) is 2.53. The number of aromatic nitrogens is 3. The highest BCUT2D eigenvalue weighted by molar-refractivity contribution is 8.13. The van der Waals surface area contributed by atoms with E-state index in [2.05, 4.69) is 25.3 Å². The highest BCUT2D eigenvalue weighted by Crippen LogP contribution is 2.34. The number of amidine groups is 1. The van der Waals surface area contributed by atoms with Gasteiger partial charge in [0.05, 0.1) is 18.1 Å². The van der Waals surface area contributed by atoms with Crippen LogP contribution in [0.1, 0.15) is 29.5 Å². The van der Waals surface area contributed by atoms with Crippen LogP contribution < -0.4 is 15.8 Å². The highest BCUT2D eigenvalue weighted by Gasteiger charge is 2.31. The van der Waals surface area contributed by atoms with Gasteiger partial charge in [-0.25, -0.2) is 23.7 Å². The topological polar surface area (TPSA) is 115 Å². The molecule has 11 heteroatoms. The number of alkyl halides is 2. The molecule has 0 bridgehead atoms. The number of ether oxygens (including phenoxy) is 1. The first-order chi connectivity index (χ1) is 13.4. The Hall–Kier alpha value is -2.82. The quantitative estimate of drug-likeness (QED) is 0.754. The van der Waals surface area contributed by atoms with Gasteiger partial charge >= 0.3 is 0 Å². The van der Waals surface area contributed by atoms with Gasteiger partial charge in [-0.15, -0.1) is 0 Å². The first kappa shape index (κ1) is 19.9. The summed E-state index contributed by atoms with van der Waals surface area (Å²) in [4.78, 5) is 28.9. The molecule has 8 nitrogen and oxygen atoms in total. The lowest BCUT2D eigenvalue weighted by Crippen LogP contribution is -2.29. The number of carbonyl (C=O) groups is 1. The number of hydrogen-bond acceptors (Lipinski definition) is 8. The molecule has 3 heterocycles. The SMILES string of the molecule is C[C@@]1(c2cc(NC(=O)c3cnc(OCC(F)F)cn3)ccn2)CCSC(N)=N1. The molecule has 0 aromatic carbocycles. The molecule has 0 unspecified atom stereocenters. The van der Waals surface area contributed by atoms with Crippen LogP contribution in [-0.4, -0.2) is 44.8 Å². The number of anilines is 1. The molecule has 0 saturated carbocycles. The number of halogens is 2. The lowest BCUT2D eigenvalue weighted by atomic mass is 9.94. The minimum Gasteiger partial charge on any atom is -0.470 e. The molecule has 148 valence electrons. The molecule has 1 atom stereocenters. The lowest BCUT2D eigenvalue weighted by Gasteiger charge is -2.28. The van der Waals surface area contributed by atoms with Crippen molar-refractivity contribution in [3.8, 4) is 5.88 Å². The van der Waals surface area contributed by atoms with Crippen LogP contribution in [0.5, 0.6) is 5.88 Å². The molecule has 0 radical (unpaired) electrons. The monoisotopic (exact) mass is 408 g/mol. The Labute approximate surface area is 164 Å². The lowest BCUT2D eigenvalue weighted by molar-refractivity contribution is 0.0792. The molecule has 0 saturated heterocycles. The second-order valence-electron chi connectivity index (χ2n) is 6.15. The third-order valence-electron chi connectivity index (χ3n) is 3.98. The van der Waals surface area contributed by atoms with E-state index in [9.17, 15) is 13.6 Å². The fourth-order valence-corrected chi connectivity index (χ4v) is 3.50. The van der Waals surface area contributed by atoms with Gasteiger partial charge in [-0.1, -0.05) is 11.8 Å². The first-order valence-electron chi connectivity index (χ1n) is 8.35. The second kappa shape index (κ2) is 8.46. The first-order valence-corrected chi connectivity index (χ1v) is 9.33. The third kappa shape index (κ3) is 4.91. The summed E-state index contributed by atoms with van der Waals surface area (Å²) in [5.41, 5.74) is 6.51. The molecule has 28 heavy (non-hydrogen) atoms. The number of rotatable bonds is 6. The van der Waals surface area contributed by atoms with Crippen LogP contribution in [0.2, 0.25) is 0 Å². The Morgan fingerprint density at radius 1 is 1.39 bits per heavy atom. The number of nitrogens with zero attached hydrogens (tertiary/aromatic N) is 4. The highest BCUT2D eigenvalue weighted by atomic mass is 32.2. The minimum atomic E-state index is -2.62. The summed E-state index contributed by atoms with van der Waals surface area (Å²) in [6.45, 7) is 1.15. The van der Waals surface area contributed by atoms with Crippen molar-refractivity contribution in [2.45, 2.75) is 25.3 Å². The average Bonchev–Trinajstić information content (AvgIpc) is 2.67. The normalized spacial score (nSPS) is 19.2. The Balaban J connectivity index is 1.70. The van der Waals surface area contributed by atoms with Crippen LogP contribution in [0.25, 0.3) is 0 Å². The number of carbonyl (C=O) groups excluding carboxylic acids is 1. The standard InChI is InChI=1S/C17H18F2N6O2S/c1-17(3-5-28-16(20)25-17)12-6-10(2-4-21-12)24-15(26)11-7-23-14(8-22-11)27-9-13(18)19/h2,4,6-8,13H,3,5,9H2,1H3,(H2,20,25)(H,21,24,26)/t17-/m0/s1. The molecular formula is C17H18F2N6O2S. The van der Waals surface area contributed by atoms with Crippen LogP contribution in [0, 0.1) is 0 Å². The van der Waals surface area contributed by atoms with Crippen molar-refractivity contribution in [3.05, 3.63) is 42.1 Å². The van der Waals surface area contributed by atoms with Gasteiger partial charge in [0, 0.05) is 17.6 Å². The van der Waals surface area contributed by atoms with Gasteiger partial charge in [0.1, 0.15) is 11.2 Å². The maximum Gasteiger partial charge on any atom is 0.275 e. The van der Waals surface area contributed by atoms with Gasteiger partial charge in [0.2, 0.25) is 5.88 Å². The van der Waals surface area contributed by atoms with Crippen molar-refractivity contribution >= 4 is 28.5 Å². The van der Waals surface area contributed by atoms with E-state index in [0.717, 1.165) is 24.6 Å². The molecular weight excluding hydrogens is 390 g/mol. The second-order valence-corrected chi connectivity index (χ2v) is 7.26. The van der Waals surface area contributed by atoms with E-state index in [1.165, 1.54) is 11.8 Å². The van der Waals surface area contributed by atoms with E-state index >= 15 is 0 Å². The van der Waals surface area contributed by atoms with Gasteiger partial charge in [0.25, 0.3) is 12.3 Å². The number of pyridine rings is 1. The molecule has 1 aliphatic heterocycles. The summed E-state index contributed by atoms with van der Waals surface area (Å²) in [5, 5.41) is 3.22. The Bertz CT molecular complexity index is 880. The van der Waals surface area contributed by atoms with Crippen molar-refractivity contribution in [3.63, 3.8) is 0 Å². The molecule has 2 aromatic heterocycles. The van der Waals surface area contributed by atoms with Gasteiger partial charge in [0.15, 0.2) is 11.8 Å². The van der Waals surface area contributed by atoms with Crippen LogP contribution in [0.15, 0.2) is 35.7 Å². The molecule has 0 spiro atoms. The van der Waals surface area contributed by atoms with Crippen LogP contribution >= 0.6 is 11.8 Å². The zero-order valence-corrected chi connectivity index (χ0v) is 15.7. The van der Waals surface area contributed by atoms with Crippen LogP contribution in [0.3, 0.4) is 0 Å². The van der Waals surface area contributed by atoms with Crippen molar-refractivity contribution in [1.29, 1.82) is 0 Å². The molecule has 0 aliphatic carbocycles. The average molecular weight is 408 g/mol. The van der Waals surface area contributed by atoms with Crippen molar-refractivity contribution in [2.75, 3.05) is 17.7 Å². The van der Waals surface area contributed by atoms with E-state index in [4.69, 9.17) is 10.5 Å². The van der Waals surface area contributed by atoms with Crippen molar-refractivity contribution in [1.82, 2.24) is 15.0 Å². The molecule has 3 rings (SSSR count). The number of thioether (sulfide) groups is 1. The Morgan fingerprint density at radius 2 is 2.21 bits per heavy atom. The number of nitrogens with one attached hydrogen (secondary N) is 1. The maximum absolute atomic E-state index is 12.4. The van der Waals surface area contributed by atoms with E-state index in [0.29, 0.717) is 16.5 Å². The van der Waals surface area contributed by atoms with Crippen LogP contribution in [0.4, 0.5) is 14.5 Å². The maximum atomic E-state index is 12.4. The van der Waals surface area contributed by atoms with Crippen molar-refractivity contribution in [2.24, 2.45) is 10.7 Å². The van der Waals surface area contributed by atoms with Gasteiger partial charge in [-0.2, -0.15) is 0 Å². The number of nitrogens with two attached hydrogens (primary N) is 1. The summed E-state index contributed by atoms with van der Waals surface area (Å²) in [6, 6.07) is 3.38. The van der Waals surface area contributed by atoms with Crippen LogP contribution in [-0.2, 0) is 5.54 Å². The third-order valence-corrected chi connectivity index (χ3v) is 4.78. The smallest absolute Gasteiger partial charge is 0.275 e. The van der Waals surface area contributed by atoms with E-state index in [1.807, 2.05) is 6.92 Å². The molecule has 2 aromatic rings. The van der Waals surface area contributed by atoms with Gasteiger partial charge < -0.3 is 15.8 Å². The minimum absolute atomic E-state index is 0.0188. The largest absolute Gasteiger partial charge is 0.470 e. The summed E-state index contributed by atoms with van der Waals surface area (Å²) in [7, 11) is 0. The number of aliphatic imine (C=N–C) groups is 1. The summed E-state index contributed by atoms with van der Waals surface area (Å²) >= 11 is 1.50. The number of hydrogen-bond donors (Lipinski definition) is 2. The summed E-state index contributed by atoms with van der Waals surface area (Å²) in [6.07, 6.45) is 2.01. The summed E-state index contributed by atoms with van der Waals surface area (Å²) < 4.78 is 29.0. The van der Waals surface area contributed by atoms with E-state index < -0.39 is 24.5 Å². The zero-order valence-electron chi connectivity index (χ0n) is 14.9. The number of amides is 1. The fraction of sp³-hybridized carbons (Fsp3) is 0.353. The zero-order chi connectivity index (χ0) is 20.1. The van der Waals surface area contributed by atoms with Gasteiger partial charge in [-0.3, -0.25) is 9.78 Å². The molecule has 1 amide bonds. The predicted octanol–water partition coefficient (Wildman–Crippen LogP) is 2.43. The summed E-state index contributed by atoms with van der Waals surface area (Å²) in [5.74, 6) is 0.249. The van der Waals surface area contributed by atoms with Gasteiger partial charge in [-0.05, 0) is 25.5 Å². The van der Waals surface area contributed by atoms with Crippen molar-refractivity contribution < 1.29 is 18.3 Å². The predicted molar refractivity (Wildman–Crippen MR) is 102 cm³/mol. The molecule has 0 fully saturated rings. The Kier molecular flexibility index (Phi) is 6.02. The molecule has 1 aliphatic rings. The Morgan fingerprint density at radius 3 is 2.89 bits per heavy atom. The van der Waals surface area contributed by atoms with E-state index in [1.54, 1.807) is 18.3 Å².